The van der Waals surface area contributed by atoms with Crippen molar-refractivity contribution in [2.75, 3.05) is 0 Å². The molecule has 1 heterocycles. The fourth-order valence-electron chi connectivity index (χ4n) is 0.925. The summed E-state index contributed by atoms with van der Waals surface area (Å²) in [6.45, 7) is 10.1. The molecule has 0 aromatic rings. The quantitative estimate of drug-likeness (QED) is 0.545. The first kappa shape index (κ1) is 11.0. The molecule has 0 aliphatic carbocycles. The number of hydrogen-bond acceptors (Lipinski definition) is 2. The van der Waals surface area contributed by atoms with E-state index in [1.165, 1.54) is 0 Å². The van der Waals surface area contributed by atoms with E-state index in [4.69, 9.17) is 9.31 Å². The van der Waals surface area contributed by atoms with Crippen LogP contribution in [0.15, 0.2) is 0 Å². The molecule has 2 nitrogen and oxygen atoms in total. The molecule has 1 saturated heterocycles. The van der Waals surface area contributed by atoms with Gasteiger partial charge in [-0.05, 0) is 20.2 Å². The number of hydrogen-bond donors (Lipinski definition) is 0. The molecular weight excluding hydrogens is 139 g/mol. The van der Waals surface area contributed by atoms with Gasteiger partial charge in [-0.25, -0.2) is 0 Å². The molecule has 0 spiro atoms. The molecule has 0 bridgehead atoms. The van der Waals surface area contributed by atoms with Gasteiger partial charge in [-0.1, -0.05) is 20.8 Å². The highest BCUT2D eigenvalue weighted by atomic mass is 16.6. The summed E-state index contributed by atoms with van der Waals surface area (Å²) in [4.78, 5) is 0. The molecule has 1 aliphatic rings. The predicted octanol–water partition coefficient (Wildman–Crippen LogP) is 2.34. The molecule has 11 heavy (non-hydrogen) atoms. The first-order valence-electron chi connectivity index (χ1n) is 4.55. The average Bonchev–Trinajstić information content (AvgIpc) is 2.36. The van der Waals surface area contributed by atoms with Gasteiger partial charge in [0.15, 0.2) is 0 Å². The minimum atomic E-state index is 0.0509. The lowest BCUT2D eigenvalue weighted by Gasteiger charge is -2.04. The van der Waals surface area contributed by atoms with Gasteiger partial charge in [-0.2, -0.15) is 0 Å². The van der Waals surface area contributed by atoms with Crippen molar-refractivity contribution in [1.29, 1.82) is 0 Å². The van der Waals surface area contributed by atoms with Crippen molar-refractivity contribution in [2.45, 2.75) is 53.1 Å². The van der Waals surface area contributed by atoms with Gasteiger partial charge in [-0.3, -0.25) is 0 Å². The van der Waals surface area contributed by atoms with Crippen molar-refractivity contribution in [3.8, 4) is 0 Å². The highest BCUT2D eigenvalue weighted by molar-refractivity contribution is 6.44. The molecule has 1 rings (SSSR count). The van der Waals surface area contributed by atoms with E-state index in [2.05, 4.69) is 6.92 Å². The molecule has 2 atom stereocenters. The van der Waals surface area contributed by atoms with Crippen molar-refractivity contribution in [3.63, 3.8) is 0 Å². The third kappa shape index (κ3) is 3.26. The van der Waals surface area contributed by atoms with Gasteiger partial charge >= 0.3 is 7.12 Å². The Kier molecular flexibility index (Phi) is 5.60. The van der Waals surface area contributed by atoms with Crippen molar-refractivity contribution >= 4 is 7.12 Å². The van der Waals surface area contributed by atoms with Crippen LogP contribution in [0.1, 0.15) is 34.6 Å². The Bertz CT molecular complexity index is 88.1. The fraction of sp³-hybridized carbons (Fsp3) is 1.00. The van der Waals surface area contributed by atoms with Crippen LogP contribution in [0.25, 0.3) is 0 Å². The van der Waals surface area contributed by atoms with Crippen LogP contribution in [0.5, 0.6) is 0 Å². The van der Waals surface area contributed by atoms with E-state index in [-0.39, 0.29) is 19.3 Å². The van der Waals surface area contributed by atoms with E-state index < -0.39 is 0 Å². The molecule has 0 aromatic heterocycles. The summed E-state index contributed by atoms with van der Waals surface area (Å²) in [5.74, 6) is 0. The topological polar surface area (TPSA) is 18.5 Å². The fourth-order valence-corrected chi connectivity index (χ4v) is 0.925. The molecule has 0 N–H and O–H groups in total. The molecule has 3 heteroatoms. The Morgan fingerprint density at radius 3 is 1.64 bits per heavy atom. The second-order valence-electron chi connectivity index (χ2n) is 2.52. The standard InChI is InChI=1S/C6H13BO2.C2H6/c1-4-7-8-5(2)6(3)9-7;1-2/h5-6H,4H2,1-3H3;1-2H3. The molecule has 0 amide bonds. The summed E-state index contributed by atoms with van der Waals surface area (Å²) < 4.78 is 10.8. The van der Waals surface area contributed by atoms with Crippen LogP contribution in [-0.4, -0.2) is 19.3 Å². The summed E-state index contributed by atoms with van der Waals surface area (Å²) in [6, 6.07) is 0. The van der Waals surface area contributed by atoms with Gasteiger partial charge in [0.25, 0.3) is 0 Å². The van der Waals surface area contributed by atoms with Gasteiger partial charge in [0.1, 0.15) is 0 Å². The van der Waals surface area contributed by atoms with Crippen LogP contribution in [0.2, 0.25) is 6.32 Å². The zero-order valence-electron chi connectivity index (χ0n) is 8.26. The Morgan fingerprint density at radius 1 is 1.09 bits per heavy atom. The first-order valence-corrected chi connectivity index (χ1v) is 4.55. The van der Waals surface area contributed by atoms with Gasteiger partial charge in [-0.15, -0.1) is 0 Å². The van der Waals surface area contributed by atoms with Crippen LogP contribution in [0, 0.1) is 0 Å². The Hall–Kier alpha value is -0.0151. The van der Waals surface area contributed by atoms with Crippen LogP contribution >= 0.6 is 0 Å². The van der Waals surface area contributed by atoms with Crippen molar-refractivity contribution < 1.29 is 9.31 Å². The Labute approximate surface area is 70.4 Å². The van der Waals surface area contributed by atoms with E-state index in [1.54, 1.807) is 0 Å². The second-order valence-corrected chi connectivity index (χ2v) is 2.52. The molecule has 66 valence electrons. The highest BCUT2D eigenvalue weighted by Crippen LogP contribution is 2.17. The zero-order chi connectivity index (χ0) is 8.85. The van der Waals surface area contributed by atoms with Crippen molar-refractivity contribution in [3.05, 3.63) is 0 Å². The third-order valence-electron chi connectivity index (χ3n) is 1.73. The smallest absolute Gasteiger partial charge is 0.406 e. The van der Waals surface area contributed by atoms with E-state index >= 15 is 0 Å². The van der Waals surface area contributed by atoms with Gasteiger partial charge in [0, 0.05) is 0 Å². The molecule has 2 unspecified atom stereocenters. The van der Waals surface area contributed by atoms with Crippen LogP contribution in [-0.2, 0) is 9.31 Å². The van der Waals surface area contributed by atoms with Crippen LogP contribution in [0.4, 0.5) is 0 Å². The lowest BCUT2D eigenvalue weighted by Crippen LogP contribution is -2.13. The second kappa shape index (κ2) is 5.61. The molecular formula is C8H19BO2. The number of rotatable bonds is 1. The average molecular weight is 158 g/mol. The largest absolute Gasteiger partial charge is 0.457 e. The molecule has 0 radical (unpaired) electrons. The molecule has 1 fully saturated rings. The molecule has 1 aliphatic heterocycles. The molecule has 0 aromatic carbocycles. The van der Waals surface area contributed by atoms with E-state index in [9.17, 15) is 0 Å². The maximum atomic E-state index is 5.40. The van der Waals surface area contributed by atoms with Crippen LogP contribution in [0.3, 0.4) is 0 Å². The predicted molar refractivity (Wildman–Crippen MR) is 48.7 cm³/mol. The summed E-state index contributed by atoms with van der Waals surface area (Å²) in [5.41, 5.74) is 0. The SMILES string of the molecule is CC.CCB1OC(C)C(C)O1. The van der Waals surface area contributed by atoms with Gasteiger partial charge < -0.3 is 9.31 Å². The van der Waals surface area contributed by atoms with Gasteiger partial charge in [0.2, 0.25) is 0 Å². The summed E-state index contributed by atoms with van der Waals surface area (Å²) >= 11 is 0. The summed E-state index contributed by atoms with van der Waals surface area (Å²) in [5, 5.41) is 0. The Balaban J connectivity index is 0.000000461. The monoisotopic (exact) mass is 158 g/mol. The first-order chi connectivity index (χ1) is 5.24. The summed E-state index contributed by atoms with van der Waals surface area (Å²) in [6.07, 6.45) is 1.50. The lowest BCUT2D eigenvalue weighted by atomic mass is 9.87. The van der Waals surface area contributed by atoms with E-state index in [0.29, 0.717) is 0 Å². The maximum absolute atomic E-state index is 5.40. The van der Waals surface area contributed by atoms with E-state index in [0.717, 1.165) is 6.32 Å². The maximum Gasteiger partial charge on any atom is 0.457 e. The van der Waals surface area contributed by atoms with Crippen molar-refractivity contribution in [1.82, 2.24) is 0 Å². The molecule has 0 saturated carbocycles. The third-order valence-corrected chi connectivity index (χ3v) is 1.73. The highest BCUT2D eigenvalue weighted by Gasteiger charge is 2.32. The normalized spacial score (nSPS) is 29.7. The van der Waals surface area contributed by atoms with E-state index in [1.807, 2.05) is 27.7 Å². The van der Waals surface area contributed by atoms with Crippen molar-refractivity contribution in [2.24, 2.45) is 0 Å². The lowest BCUT2D eigenvalue weighted by molar-refractivity contribution is 0.187. The minimum absolute atomic E-state index is 0.0509. The Morgan fingerprint density at radius 2 is 1.45 bits per heavy atom. The van der Waals surface area contributed by atoms with Gasteiger partial charge in [0.05, 0.1) is 12.2 Å². The zero-order valence-corrected chi connectivity index (χ0v) is 8.26. The minimum Gasteiger partial charge on any atom is -0.406 e. The van der Waals surface area contributed by atoms with Crippen LogP contribution < -0.4 is 0 Å². The summed E-state index contributed by atoms with van der Waals surface area (Å²) in [7, 11) is 0.0509.